The van der Waals surface area contributed by atoms with E-state index in [1.807, 2.05) is 38.3 Å². The molecule has 3 aromatic rings. The quantitative estimate of drug-likeness (QED) is 0.613. The topological polar surface area (TPSA) is 85.7 Å². The summed E-state index contributed by atoms with van der Waals surface area (Å²) in [5, 5.41) is 9.67. The number of rotatable bonds is 5. The minimum atomic E-state index is -1.25. The van der Waals surface area contributed by atoms with Crippen molar-refractivity contribution in [2.75, 3.05) is 19.1 Å². The van der Waals surface area contributed by atoms with Crippen molar-refractivity contribution in [2.45, 2.75) is 45.3 Å². The first-order chi connectivity index (χ1) is 15.6. The number of anilines is 1. The third-order valence-electron chi connectivity index (χ3n) is 5.53. The van der Waals surface area contributed by atoms with Crippen LogP contribution >= 0.6 is 11.3 Å². The SMILES string of the molecule is COc1ccc(N2C(=O)c3cc(-c4cccs4)nn3C[C@]2(C)C(=O)NC(C)(C)C)c(OC)c1. The molecule has 2 aromatic heterocycles. The molecule has 1 atom stereocenters. The summed E-state index contributed by atoms with van der Waals surface area (Å²) in [5.74, 6) is 0.418. The predicted octanol–water partition coefficient (Wildman–Crippen LogP) is 3.96. The number of carbonyl (C=O) groups excluding carboxylic acids is 2. The van der Waals surface area contributed by atoms with E-state index >= 15 is 0 Å². The molecule has 33 heavy (non-hydrogen) atoms. The van der Waals surface area contributed by atoms with Gasteiger partial charge in [0.05, 0.1) is 31.3 Å². The Morgan fingerprint density at radius 3 is 2.55 bits per heavy atom. The lowest BCUT2D eigenvalue weighted by Crippen LogP contribution is -2.66. The molecule has 4 rings (SSSR count). The first-order valence-corrected chi connectivity index (χ1v) is 11.5. The number of hydrogen-bond acceptors (Lipinski definition) is 6. The lowest BCUT2D eigenvalue weighted by molar-refractivity contribution is -0.128. The molecule has 3 heterocycles. The molecule has 1 aromatic carbocycles. The minimum absolute atomic E-state index is 0.191. The standard InChI is InChI=1S/C24H28N4O4S/c1-23(2,3)25-22(30)24(4)14-27-18(13-16(26-27)20-8-7-11-33-20)21(29)28(24)17-10-9-15(31-5)12-19(17)32-6/h7-13H,14H2,1-6H3,(H,25,30)/t24-/m1/s1. The highest BCUT2D eigenvalue weighted by Crippen LogP contribution is 2.40. The van der Waals surface area contributed by atoms with Gasteiger partial charge in [-0.25, -0.2) is 0 Å². The number of thiophene rings is 1. The smallest absolute Gasteiger partial charge is 0.277 e. The molecule has 0 unspecified atom stereocenters. The second-order valence-corrected chi connectivity index (χ2v) is 10.2. The van der Waals surface area contributed by atoms with Gasteiger partial charge in [0.1, 0.15) is 28.4 Å². The molecule has 8 nitrogen and oxygen atoms in total. The van der Waals surface area contributed by atoms with Crippen molar-refractivity contribution >= 4 is 28.8 Å². The van der Waals surface area contributed by atoms with Crippen molar-refractivity contribution in [3.8, 4) is 22.1 Å². The molecule has 0 fully saturated rings. The maximum absolute atomic E-state index is 13.9. The molecule has 1 N–H and O–H groups in total. The number of aromatic nitrogens is 2. The largest absolute Gasteiger partial charge is 0.497 e. The monoisotopic (exact) mass is 468 g/mol. The molecule has 1 aliphatic rings. The summed E-state index contributed by atoms with van der Waals surface area (Å²) in [4.78, 5) is 30.0. The van der Waals surface area contributed by atoms with Gasteiger partial charge in [-0.15, -0.1) is 11.3 Å². The Labute approximate surface area is 197 Å². The van der Waals surface area contributed by atoms with E-state index in [9.17, 15) is 9.59 Å². The zero-order chi connectivity index (χ0) is 24.0. The molecule has 0 radical (unpaired) electrons. The molecule has 2 amide bonds. The van der Waals surface area contributed by atoms with E-state index in [0.717, 1.165) is 4.88 Å². The molecule has 0 saturated carbocycles. The third-order valence-corrected chi connectivity index (χ3v) is 6.42. The second-order valence-electron chi connectivity index (χ2n) is 9.21. The molecular weight excluding hydrogens is 440 g/mol. The van der Waals surface area contributed by atoms with Gasteiger partial charge in [0.15, 0.2) is 0 Å². The molecule has 0 saturated heterocycles. The van der Waals surface area contributed by atoms with Crippen LogP contribution in [0.3, 0.4) is 0 Å². The van der Waals surface area contributed by atoms with Crippen LogP contribution in [0.1, 0.15) is 38.2 Å². The number of amides is 2. The zero-order valence-corrected chi connectivity index (χ0v) is 20.4. The van der Waals surface area contributed by atoms with Crippen molar-refractivity contribution in [3.05, 3.63) is 47.5 Å². The van der Waals surface area contributed by atoms with E-state index in [0.29, 0.717) is 28.6 Å². The number of methoxy groups -OCH3 is 2. The van der Waals surface area contributed by atoms with Crippen LogP contribution < -0.4 is 19.7 Å². The first kappa shape index (κ1) is 22.8. The highest BCUT2D eigenvalue weighted by atomic mass is 32.1. The summed E-state index contributed by atoms with van der Waals surface area (Å²) in [6.45, 7) is 7.67. The normalized spacial score (nSPS) is 18.1. The highest BCUT2D eigenvalue weighted by molar-refractivity contribution is 7.13. The number of carbonyl (C=O) groups is 2. The van der Waals surface area contributed by atoms with Crippen LogP contribution in [0.15, 0.2) is 41.8 Å². The van der Waals surface area contributed by atoms with Crippen LogP contribution in [-0.2, 0) is 11.3 Å². The fraction of sp³-hybridized carbons (Fsp3) is 0.375. The molecule has 0 aliphatic carbocycles. The van der Waals surface area contributed by atoms with Crippen LogP contribution in [-0.4, -0.2) is 46.9 Å². The Kier molecular flexibility index (Phi) is 5.69. The van der Waals surface area contributed by atoms with Crippen LogP contribution in [0.4, 0.5) is 5.69 Å². The molecule has 0 bridgehead atoms. The Morgan fingerprint density at radius 2 is 1.94 bits per heavy atom. The van der Waals surface area contributed by atoms with E-state index in [-0.39, 0.29) is 18.4 Å². The maximum Gasteiger partial charge on any atom is 0.277 e. The highest BCUT2D eigenvalue weighted by Gasteiger charge is 2.50. The van der Waals surface area contributed by atoms with Gasteiger partial charge in [0.25, 0.3) is 5.91 Å². The maximum atomic E-state index is 13.9. The molecule has 0 spiro atoms. The number of nitrogens with zero attached hydrogens (tertiary/aromatic N) is 3. The van der Waals surface area contributed by atoms with Gasteiger partial charge in [-0.2, -0.15) is 5.10 Å². The fourth-order valence-electron chi connectivity index (χ4n) is 3.95. The average molecular weight is 469 g/mol. The summed E-state index contributed by atoms with van der Waals surface area (Å²) in [6, 6.07) is 10.9. The summed E-state index contributed by atoms with van der Waals surface area (Å²) < 4.78 is 12.5. The van der Waals surface area contributed by atoms with E-state index in [1.165, 1.54) is 12.0 Å². The van der Waals surface area contributed by atoms with Crippen LogP contribution in [0, 0.1) is 0 Å². The van der Waals surface area contributed by atoms with Crippen molar-refractivity contribution in [2.24, 2.45) is 0 Å². The van der Waals surface area contributed by atoms with Crippen LogP contribution in [0.25, 0.3) is 10.6 Å². The Bertz CT molecular complexity index is 1200. The first-order valence-electron chi connectivity index (χ1n) is 10.6. The second kappa shape index (κ2) is 8.22. The van der Waals surface area contributed by atoms with Crippen molar-refractivity contribution in [3.63, 3.8) is 0 Å². The Hall–Kier alpha value is -3.33. The lowest BCUT2D eigenvalue weighted by Gasteiger charge is -2.44. The van der Waals surface area contributed by atoms with Crippen LogP contribution in [0.5, 0.6) is 11.5 Å². The minimum Gasteiger partial charge on any atom is -0.497 e. The summed E-state index contributed by atoms with van der Waals surface area (Å²) in [5.41, 5.74) is -0.128. The lowest BCUT2D eigenvalue weighted by atomic mass is 9.92. The van der Waals surface area contributed by atoms with E-state index in [1.54, 1.807) is 54.3 Å². The average Bonchev–Trinajstić information content (AvgIpc) is 3.42. The zero-order valence-electron chi connectivity index (χ0n) is 19.6. The van der Waals surface area contributed by atoms with Gasteiger partial charge in [0, 0.05) is 11.6 Å². The van der Waals surface area contributed by atoms with Gasteiger partial charge >= 0.3 is 0 Å². The fourth-order valence-corrected chi connectivity index (χ4v) is 4.63. The predicted molar refractivity (Wildman–Crippen MR) is 128 cm³/mol. The van der Waals surface area contributed by atoms with Gasteiger partial charge in [0.2, 0.25) is 5.91 Å². The number of nitrogens with one attached hydrogen (secondary N) is 1. The van der Waals surface area contributed by atoms with E-state index in [4.69, 9.17) is 9.47 Å². The number of fused-ring (bicyclic) bond motifs is 1. The third kappa shape index (κ3) is 4.08. The summed E-state index contributed by atoms with van der Waals surface area (Å²) >= 11 is 1.55. The number of benzene rings is 1. The van der Waals surface area contributed by atoms with E-state index < -0.39 is 11.1 Å². The summed E-state index contributed by atoms with van der Waals surface area (Å²) in [7, 11) is 3.09. The number of ether oxygens (including phenoxy) is 2. The Balaban J connectivity index is 1.88. The van der Waals surface area contributed by atoms with Crippen LogP contribution in [0.2, 0.25) is 0 Å². The van der Waals surface area contributed by atoms with Crippen molar-refractivity contribution in [1.29, 1.82) is 0 Å². The van der Waals surface area contributed by atoms with Crippen molar-refractivity contribution in [1.82, 2.24) is 15.1 Å². The molecule has 174 valence electrons. The number of hydrogen-bond donors (Lipinski definition) is 1. The molecule has 1 aliphatic heterocycles. The van der Waals surface area contributed by atoms with Gasteiger partial charge in [-0.05, 0) is 57.3 Å². The van der Waals surface area contributed by atoms with Gasteiger partial charge in [-0.1, -0.05) is 6.07 Å². The van der Waals surface area contributed by atoms with Crippen molar-refractivity contribution < 1.29 is 19.1 Å². The molecule has 9 heteroatoms. The van der Waals surface area contributed by atoms with E-state index in [2.05, 4.69) is 10.4 Å². The molecular formula is C24H28N4O4S. The Morgan fingerprint density at radius 1 is 1.18 bits per heavy atom. The van der Waals surface area contributed by atoms with Gasteiger partial charge in [-0.3, -0.25) is 19.2 Å². The summed E-state index contributed by atoms with van der Waals surface area (Å²) in [6.07, 6.45) is 0. The van der Waals surface area contributed by atoms with Gasteiger partial charge < -0.3 is 14.8 Å².